The summed E-state index contributed by atoms with van der Waals surface area (Å²) >= 11 is 0. The van der Waals surface area contributed by atoms with Crippen LogP contribution in [0.1, 0.15) is 31.8 Å². The number of halogens is 1. The Hall–Kier alpha value is -2.82. The summed E-state index contributed by atoms with van der Waals surface area (Å²) in [6.45, 7) is 0. The number of hydrogen-bond acceptors (Lipinski definition) is 4. The molecule has 3 rings (SSSR count). The molecule has 0 unspecified atom stereocenters. The van der Waals surface area contributed by atoms with Crippen LogP contribution in [-0.4, -0.2) is 23.8 Å². The zero-order valence-electron chi connectivity index (χ0n) is 12.4. The molecule has 0 saturated carbocycles. The summed E-state index contributed by atoms with van der Waals surface area (Å²) in [4.78, 5) is 27.4. The first-order valence-electron chi connectivity index (χ1n) is 6.99. The number of hydrogen-bond donors (Lipinski definition) is 0. The van der Waals surface area contributed by atoms with Crippen LogP contribution < -0.4 is 0 Å². The van der Waals surface area contributed by atoms with Gasteiger partial charge in [0.15, 0.2) is 5.78 Å². The van der Waals surface area contributed by atoms with Crippen molar-refractivity contribution in [3.8, 4) is 0 Å². The number of nitrogens with zero attached hydrogens (tertiary/aromatic N) is 1. The summed E-state index contributed by atoms with van der Waals surface area (Å²) in [5, 5.41) is 0. The first kappa shape index (κ1) is 15.1. The molecule has 0 spiro atoms. The number of benzene rings is 1. The molecule has 1 aromatic carbocycles. The number of allylic oxidation sites excluding steroid dienone is 2. The van der Waals surface area contributed by atoms with Gasteiger partial charge in [-0.15, -0.1) is 0 Å². The van der Waals surface area contributed by atoms with Crippen molar-refractivity contribution in [3.63, 3.8) is 0 Å². The summed E-state index contributed by atoms with van der Waals surface area (Å²) in [6, 6.07) is 5.90. The largest absolute Gasteiger partial charge is 0.465 e. The van der Waals surface area contributed by atoms with E-state index in [-0.39, 0.29) is 17.8 Å². The van der Waals surface area contributed by atoms with Gasteiger partial charge in [0.1, 0.15) is 5.82 Å². The van der Waals surface area contributed by atoms with Crippen LogP contribution in [0.25, 0.3) is 0 Å². The first-order chi connectivity index (χ1) is 11.1. The van der Waals surface area contributed by atoms with Crippen LogP contribution in [0.15, 0.2) is 48.3 Å². The Labute approximate surface area is 132 Å². The second-order valence-corrected chi connectivity index (χ2v) is 5.17. The van der Waals surface area contributed by atoms with Crippen molar-refractivity contribution in [3.05, 3.63) is 82.8 Å². The van der Waals surface area contributed by atoms with Gasteiger partial charge in [0.2, 0.25) is 0 Å². The predicted octanol–water partition coefficient (Wildman–Crippen LogP) is 2.93. The van der Waals surface area contributed by atoms with Gasteiger partial charge in [-0.25, -0.2) is 9.18 Å². The van der Waals surface area contributed by atoms with E-state index in [9.17, 15) is 14.0 Å². The number of ketones is 1. The average molecular weight is 310 g/mol. The third-order valence-corrected chi connectivity index (χ3v) is 3.52. The normalized spacial score (nSPS) is 12.5. The lowest BCUT2D eigenvalue weighted by Gasteiger charge is -2.06. The van der Waals surface area contributed by atoms with Crippen LogP contribution >= 0.6 is 0 Å². The maximum absolute atomic E-state index is 14.1. The summed E-state index contributed by atoms with van der Waals surface area (Å²) < 4.78 is 18.7. The highest BCUT2D eigenvalue weighted by Gasteiger charge is 2.20. The van der Waals surface area contributed by atoms with Crippen LogP contribution in [0, 0.1) is 12.2 Å². The molecule has 1 aliphatic rings. The number of carbonyl (C=O) groups is 2. The van der Waals surface area contributed by atoms with E-state index in [1.54, 1.807) is 24.8 Å². The molecule has 4 nitrogen and oxygen atoms in total. The number of Topliss-reactive ketones (excluding diaryl/α,β-unsaturated/α-hetero) is 1. The van der Waals surface area contributed by atoms with E-state index in [4.69, 9.17) is 0 Å². The summed E-state index contributed by atoms with van der Waals surface area (Å²) in [6.07, 6.45) is 6.84. The average Bonchev–Trinajstić information content (AvgIpc) is 3.40. The van der Waals surface area contributed by atoms with Crippen LogP contribution in [0.2, 0.25) is 0 Å². The van der Waals surface area contributed by atoms with Gasteiger partial charge < -0.3 is 4.74 Å². The Bertz CT molecular complexity index is 827. The highest BCUT2D eigenvalue weighted by atomic mass is 19.1. The van der Waals surface area contributed by atoms with Crippen LogP contribution in [-0.2, 0) is 11.2 Å². The third-order valence-electron chi connectivity index (χ3n) is 3.52. The van der Waals surface area contributed by atoms with Gasteiger partial charge in [0, 0.05) is 36.4 Å². The summed E-state index contributed by atoms with van der Waals surface area (Å²) in [5.41, 5.74) is 2.45. The Kier molecular flexibility index (Phi) is 4.02. The Morgan fingerprint density at radius 2 is 1.96 bits per heavy atom. The molecule has 2 aromatic rings. The van der Waals surface area contributed by atoms with Crippen LogP contribution in [0.5, 0.6) is 0 Å². The van der Waals surface area contributed by atoms with Gasteiger partial charge in [-0.2, -0.15) is 0 Å². The van der Waals surface area contributed by atoms with Gasteiger partial charge in [-0.1, -0.05) is 12.1 Å². The minimum Gasteiger partial charge on any atom is -0.465 e. The minimum atomic E-state index is -0.585. The number of methoxy groups -OCH3 is 1. The summed E-state index contributed by atoms with van der Waals surface area (Å²) in [5.74, 6) is -1.16. The fourth-order valence-electron chi connectivity index (χ4n) is 2.22. The smallest absolute Gasteiger partial charge is 0.337 e. The second kappa shape index (κ2) is 6.12. The van der Waals surface area contributed by atoms with Crippen molar-refractivity contribution in [2.45, 2.75) is 6.42 Å². The number of rotatable bonds is 5. The molecule has 1 aliphatic carbocycles. The quantitative estimate of drug-likeness (QED) is 0.629. The van der Waals surface area contributed by atoms with Crippen molar-refractivity contribution in [1.29, 1.82) is 0 Å². The van der Waals surface area contributed by atoms with E-state index in [1.165, 1.54) is 25.4 Å². The summed E-state index contributed by atoms with van der Waals surface area (Å²) in [7, 11) is 1.25. The molecule has 0 aliphatic heterocycles. The maximum atomic E-state index is 14.1. The highest BCUT2D eigenvalue weighted by molar-refractivity contribution is 6.13. The van der Waals surface area contributed by atoms with Gasteiger partial charge in [0.05, 0.1) is 12.7 Å². The number of carbonyl (C=O) groups excluding carboxylic acids is 2. The van der Waals surface area contributed by atoms with Crippen molar-refractivity contribution >= 4 is 11.8 Å². The molecule has 0 N–H and O–H groups in total. The zero-order chi connectivity index (χ0) is 16.4. The van der Waals surface area contributed by atoms with Gasteiger partial charge in [-0.3, -0.25) is 9.78 Å². The molecule has 1 heterocycles. The molecule has 0 amide bonds. The first-order valence-corrected chi connectivity index (χ1v) is 6.99. The molecular weight excluding hydrogens is 297 g/mol. The van der Waals surface area contributed by atoms with Crippen molar-refractivity contribution in [2.75, 3.05) is 7.11 Å². The predicted molar refractivity (Wildman–Crippen MR) is 81.5 cm³/mol. The maximum Gasteiger partial charge on any atom is 0.337 e. The van der Waals surface area contributed by atoms with Gasteiger partial charge in [-0.05, 0) is 29.3 Å². The molecule has 0 fully saturated rings. The molecule has 1 radical (unpaired) electrons. The van der Waals surface area contributed by atoms with E-state index < -0.39 is 11.8 Å². The lowest BCUT2D eigenvalue weighted by atomic mass is 10.0. The monoisotopic (exact) mass is 310 g/mol. The van der Waals surface area contributed by atoms with Crippen molar-refractivity contribution < 1.29 is 18.7 Å². The molecule has 1 aromatic heterocycles. The van der Waals surface area contributed by atoms with Crippen molar-refractivity contribution in [2.24, 2.45) is 0 Å². The molecule has 0 saturated heterocycles. The Balaban J connectivity index is 1.82. The molecule has 23 heavy (non-hydrogen) atoms. The topological polar surface area (TPSA) is 56.3 Å². The molecule has 0 bridgehead atoms. The fourth-order valence-corrected chi connectivity index (χ4v) is 2.22. The molecule has 5 heteroatoms. The minimum absolute atomic E-state index is 0.0825. The van der Waals surface area contributed by atoms with Gasteiger partial charge in [0.25, 0.3) is 0 Å². The molecular formula is C18H13FNO3. The van der Waals surface area contributed by atoms with E-state index in [0.29, 0.717) is 16.7 Å². The fraction of sp³-hybridized carbons (Fsp3) is 0.111. The van der Waals surface area contributed by atoms with E-state index >= 15 is 0 Å². The number of aromatic nitrogens is 1. The number of pyridine rings is 1. The highest BCUT2D eigenvalue weighted by Crippen LogP contribution is 2.23. The van der Waals surface area contributed by atoms with Crippen LogP contribution in [0.3, 0.4) is 0 Å². The lowest BCUT2D eigenvalue weighted by Crippen LogP contribution is -2.04. The Morgan fingerprint density at radius 1 is 1.17 bits per heavy atom. The van der Waals surface area contributed by atoms with Gasteiger partial charge >= 0.3 is 5.97 Å². The molecule has 0 atom stereocenters. The van der Waals surface area contributed by atoms with Crippen molar-refractivity contribution in [1.82, 2.24) is 4.98 Å². The number of esters is 1. The number of ether oxygens (including phenoxy) is 1. The lowest BCUT2D eigenvalue weighted by molar-refractivity contribution is 0.0600. The van der Waals surface area contributed by atoms with Crippen LogP contribution in [0.4, 0.5) is 4.39 Å². The van der Waals surface area contributed by atoms with E-state index in [1.807, 2.05) is 0 Å². The third kappa shape index (κ3) is 3.34. The van der Waals surface area contributed by atoms with E-state index in [0.717, 1.165) is 11.6 Å². The van der Waals surface area contributed by atoms with E-state index in [2.05, 4.69) is 9.72 Å². The standard InChI is InChI=1S/C18H13FNO3/c1-23-18(22)14-5-4-13(16(19)8-14)6-11-7-15(10-20-9-11)17(21)12-2-3-12/h2-5,7-10H,6H2,1H3. The molecule has 115 valence electrons. The zero-order valence-corrected chi connectivity index (χ0v) is 12.4. The second-order valence-electron chi connectivity index (χ2n) is 5.17. The Morgan fingerprint density at radius 3 is 2.61 bits per heavy atom. The SMILES string of the molecule is COC(=O)c1ccc(Cc2cncc(C(=O)C3=C[CH]3)c2)c(F)c1.